The van der Waals surface area contributed by atoms with Gasteiger partial charge in [-0.3, -0.25) is 9.11 Å². The van der Waals surface area contributed by atoms with Gasteiger partial charge in [-0.1, -0.05) is 6.58 Å². The first-order valence-electron chi connectivity index (χ1n) is 5.00. The first-order valence-corrected chi connectivity index (χ1v) is 6.40. The van der Waals surface area contributed by atoms with Crippen molar-refractivity contribution >= 4 is 16.5 Å². The van der Waals surface area contributed by atoms with Crippen LogP contribution in [0.15, 0.2) is 12.7 Å². The third-order valence-electron chi connectivity index (χ3n) is 2.02. The Hall–Kier alpha value is -1.00. The zero-order chi connectivity index (χ0) is 15.0. The fourth-order valence-electron chi connectivity index (χ4n) is 0.919. The summed E-state index contributed by atoms with van der Waals surface area (Å²) in [6, 6.07) is 0. The third kappa shape index (κ3) is 9.07. The van der Waals surface area contributed by atoms with Crippen LogP contribution in [-0.4, -0.2) is 59.6 Å². The van der Waals surface area contributed by atoms with E-state index in [0.29, 0.717) is 13.2 Å². The molecule has 0 aliphatic rings. The number of hydrogen-bond donors (Lipinski definition) is 3. The number of nitrogens with zero attached hydrogens (tertiary/aromatic N) is 1. The Kier molecular flexibility index (Phi) is 8.77. The minimum atomic E-state index is -4.67. The molecule has 0 rings (SSSR count). The first kappa shape index (κ1) is 19.3. The highest BCUT2D eigenvalue weighted by molar-refractivity contribution is 7.79. The predicted molar refractivity (Wildman–Crippen MR) is 64.1 cm³/mol. The van der Waals surface area contributed by atoms with Crippen LogP contribution in [-0.2, 0) is 15.1 Å². The van der Waals surface area contributed by atoms with Gasteiger partial charge >= 0.3 is 16.5 Å². The van der Waals surface area contributed by atoms with Crippen LogP contribution in [0, 0.1) is 0 Å². The molecule has 0 saturated heterocycles. The quantitative estimate of drug-likeness (QED) is 0.297. The van der Waals surface area contributed by atoms with Crippen molar-refractivity contribution in [2.75, 3.05) is 20.2 Å². The number of rotatable bonds is 4. The van der Waals surface area contributed by atoms with Gasteiger partial charge in [0, 0.05) is 6.92 Å². The second-order valence-electron chi connectivity index (χ2n) is 3.52. The highest BCUT2D eigenvalue weighted by Crippen LogP contribution is 2.11. The van der Waals surface area contributed by atoms with Crippen LogP contribution in [0.2, 0.25) is 0 Å². The number of quaternary nitrogens is 1. The lowest BCUT2D eigenvalue weighted by atomic mass is 10.4. The molecular weight excluding hydrogens is 266 g/mol. The summed E-state index contributed by atoms with van der Waals surface area (Å²) in [7, 11) is -3.05. The summed E-state index contributed by atoms with van der Waals surface area (Å²) in [5.41, 5.74) is 0. The lowest BCUT2D eigenvalue weighted by molar-refractivity contribution is -0.879. The summed E-state index contributed by atoms with van der Waals surface area (Å²) in [6.45, 7) is 7.50. The van der Waals surface area contributed by atoms with Crippen LogP contribution in [0.1, 0.15) is 13.8 Å². The van der Waals surface area contributed by atoms with Crippen LogP contribution in [0.5, 0.6) is 0 Å². The molecule has 9 heteroatoms. The van der Waals surface area contributed by atoms with Crippen molar-refractivity contribution in [1.29, 1.82) is 0 Å². The van der Waals surface area contributed by atoms with Crippen LogP contribution in [0.25, 0.3) is 0 Å². The summed E-state index contributed by atoms with van der Waals surface area (Å²) in [5, 5.41) is 9.42. The molecule has 0 bridgehead atoms. The van der Waals surface area contributed by atoms with Gasteiger partial charge in [0.2, 0.25) is 0 Å². The highest BCUT2D eigenvalue weighted by Gasteiger charge is 2.37. The Labute approximate surface area is 107 Å². The Morgan fingerprint density at radius 2 is 1.89 bits per heavy atom. The summed E-state index contributed by atoms with van der Waals surface area (Å²) in [5.74, 6) is 0. The molecule has 3 N–H and O–H groups in total. The van der Waals surface area contributed by atoms with E-state index in [0.717, 1.165) is 0 Å². The van der Waals surface area contributed by atoms with Crippen molar-refractivity contribution in [2.24, 2.45) is 0 Å². The number of carbonyl (C=O) groups excluding carboxylic acids is 1. The molecule has 0 heterocycles. The fraction of sp³-hybridized carbons (Fsp3) is 0.667. The van der Waals surface area contributed by atoms with Crippen molar-refractivity contribution < 1.29 is 36.6 Å². The van der Waals surface area contributed by atoms with E-state index in [1.165, 1.54) is 0 Å². The number of amides is 1. The molecule has 0 saturated carbocycles. The lowest BCUT2D eigenvalue weighted by Crippen LogP contribution is -2.55. The topological polar surface area (TPSA) is 121 Å². The summed E-state index contributed by atoms with van der Waals surface area (Å²) in [4.78, 5) is 11.4. The van der Waals surface area contributed by atoms with Crippen LogP contribution < -0.4 is 0 Å². The number of ether oxygens (including phenoxy) is 1. The molecule has 1 amide bonds. The van der Waals surface area contributed by atoms with Crippen molar-refractivity contribution in [3.8, 4) is 0 Å². The molecule has 2 atom stereocenters. The van der Waals surface area contributed by atoms with E-state index in [9.17, 15) is 9.90 Å². The second kappa shape index (κ2) is 8.16. The molecule has 8 nitrogen and oxygen atoms in total. The van der Waals surface area contributed by atoms with E-state index in [1.807, 2.05) is 0 Å². The largest absolute Gasteiger partial charge is 0.518 e. The van der Waals surface area contributed by atoms with Gasteiger partial charge in [0.1, 0.15) is 6.54 Å². The van der Waals surface area contributed by atoms with Gasteiger partial charge in [-0.25, -0.2) is 0 Å². The van der Waals surface area contributed by atoms with Crippen molar-refractivity contribution in [2.45, 2.75) is 20.1 Å². The molecule has 0 aliphatic heterocycles. The number of hydrogen-bond acceptors (Lipinski definition) is 5. The van der Waals surface area contributed by atoms with E-state index in [4.69, 9.17) is 22.3 Å². The zero-order valence-corrected chi connectivity index (χ0v) is 11.4. The molecular formula is C9H20NO7S+. The number of carbonyl (C=O) groups is 1. The standard InChI is InChI=1S/C9H18NO3.H2O4S/c1-5-7-10(4,8(3)11)9(12)13-6-2;1-5(2,3)4/h5,8,11H,1,6-7H2,2-4H3;(H2,1,2,3,4)/q+1;. The van der Waals surface area contributed by atoms with Crippen LogP contribution in [0.3, 0.4) is 0 Å². The zero-order valence-electron chi connectivity index (χ0n) is 10.6. The van der Waals surface area contributed by atoms with E-state index in [1.54, 1.807) is 27.0 Å². The molecule has 0 aromatic carbocycles. The van der Waals surface area contributed by atoms with Crippen molar-refractivity contribution in [3.05, 3.63) is 12.7 Å². The SMILES string of the molecule is C=CC[N+](C)(C(=O)OCC)C(C)O.O=S(=O)(O)O. The minimum Gasteiger partial charge on any atom is -0.420 e. The van der Waals surface area contributed by atoms with Gasteiger partial charge in [-0.15, -0.1) is 0 Å². The molecule has 0 aliphatic carbocycles. The first-order chi connectivity index (χ1) is 7.99. The molecule has 0 aromatic rings. The summed E-state index contributed by atoms with van der Waals surface area (Å²) >= 11 is 0. The normalized spacial score (nSPS) is 15.7. The molecule has 18 heavy (non-hydrogen) atoms. The number of aliphatic hydroxyl groups is 1. The second-order valence-corrected chi connectivity index (χ2v) is 4.41. The molecule has 0 aromatic heterocycles. The van der Waals surface area contributed by atoms with Crippen molar-refractivity contribution in [3.63, 3.8) is 0 Å². The average Bonchev–Trinajstić information content (AvgIpc) is 2.15. The van der Waals surface area contributed by atoms with Crippen molar-refractivity contribution in [1.82, 2.24) is 0 Å². The number of likely N-dealkylation sites (N-methyl/N-ethyl adjacent to an activating group) is 1. The Bertz CT molecular complexity index is 357. The van der Waals surface area contributed by atoms with Gasteiger partial charge in [-0.2, -0.15) is 17.7 Å². The predicted octanol–water partition coefficient (Wildman–Crippen LogP) is 0.461. The fourth-order valence-corrected chi connectivity index (χ4v) is 0.919. The number of aliphatic hydroxyl groups excluding tert-OH is 1. The Balaban J connectivity index is 0. The Morgan fingerprint density at radius 1 is 1.50 bits per heavy atom. The Morgan fingerprint density at radius 3 is 2.11 bits per heavy atom. The maximum absolute atomic E-state index is 11.4. The van der Waals surface area contributed by atoms with E-state index in [2.05, 4.69) is 6.58 Å². The average molecular weight is 286 g/mol. The maximum Gasteiger partial charge on any atom is 0.518 e. The third-order valence-corrected chi connectivity index (χ3v) is 2.02. The van der Waals surface area contributed by atoms with Crippen LogP contribution >= 0.6 is 0 Å². The van der Waals surface area contributed by atoms with E-state index in [-0.39, 0.29) is 4.48 Å². The van der Waals surface area contributed by atoms with Gasteiger partial charge in [0.05, 0.1) is 13.7 Å². The molecule has 2 unspecified atom stereocenters. The van der Waals surface area contributed by atoms with Gasteiger partial charge in [-0.05, 0) is 13.0 Å². The van der Waals surface area contributed by atoms with Crippen LogP contribution in [0.4, 0.5) is 4.79 Å². The molecule has 0 fully saturated rings. The summed E-state index contributed by atoms with van der Waals surface area (Å²) in [6.07, 6.45) is 0.360. The van der Waals surface area contributed by atoms with Gasteiger partial charge in [0.25, 0.3) is 0 Å². The maximum atomic E-state index is 11.4. The van der Waals surface area contributed by atoms with E-state index >= 15 is 0 Å². The van der Waals surface area contributed by atoms with Gasteiger partial charge < -0.3 is 9.84 Å². The smallest absolute Gasteiger partial charge is 0.420 e. The van der Waals surface area contributed by atoms with Gasteiger partial charge in [0.15, 0.2) is 6.23 Å². The molecule has 0 radical (unpaired) electrons. The monoisotopic (exact) mass is 286 g/mol. The minimum absolute atomic E-state index is 0.183. The lowest BCUT2D eigenvalue weighted by Gasteiger charge is -2.31. The summed E-state index contributed by atoms with van der Waals surface area (Å²) < 4.78 is 36.2. The van der Waals surface area contributed by atoms with E-state index < -0.39 is 22.7 Å². The molecule has 108 valence electrons. The highest BCUT2D eigenvalue weighted by atomic mass is 32.3. The molecule has 0 spiro atoms.